The summed E-state index contributed by atoms with van der Waals surface area (Å²) in [6.07, 6.45) is 3.43. The summed E-state index contributed by atoms with van der Waals surface area (Å²) in [6.45, 7) is 3.67. The number of nitrogens with one attached hydrogen (secondary N) is 2. The van der Waals surface area contributed by atoms with Gasteiger partial charge in [0.2, 0.25) is 0 Å². The van der Waals surface area contributed by atoms with Crippen molar-refractivity contribution in [2.45, 2.75) is 19.9 Å². The van der Waals surface area contributed by atoms with Crippen molar-refractivity contribution in [2.24, 2.45) is 12.1 Å². The number of aryl methyl sites for hydroxylation is 2. The molecule has 0 fully saturated rings. The molecule has 2 aromatic rings. The molecular weight excluding hydrogens is 346 g/mol. The molecular formula is C15H18BrN5O. The van der Waals surface area contributed by atoms with Crippen LogP contribution in [-0.2, 0) is 11.8 Å². The van der Waals surface area contributed by atoms with E-state index in [1.165, 1.54) is 0 Å². The zero-order valence-electron chi connectivity index (χ0n) is 12.7. The number of amides is 1. The molecule has 2 N–H and O–H groups in total. The highest BCUT2D eigenvalue weighted by molar-refractivity contribution is 9.10. The van der Waals surface area contributed by atoms with Gasteiger partial charge in [-0.3, -0.25) is 9.48 Å². The van der Waals surface area contributed by atoms with E-state index in [0.29, 0.717) is 0 Å². The van der Waals surface area contributed by atoms with Crippen LogP contribution in [-0.4, -0.2) is 27.9 Å². The van der Waals surface area contributed by atoms with Crippen LogP contribution in [0.15, 0.2) is 40.0 Å². The third-order valence-corrected chi connectivity index (χ3v) is 3.58. The standard InChI is InChI=1S/C15H18BrN5O/c1-10-12(9-21(3)20-10)8-17-19-15(22)11(2)18-14-6-4-13(16)5-7-14/h4-9,11,18H,1-3H3,(H,19,22)/b17-8-/t11-/m0/s1. The molecule has 0 spiro atoms. The minimum atomic E-state index is -0.395. The van der Waals surface area contributed by atoms with Crippen molar-refractivity contribution in [3.8, 4) is 0 Å². The first-order chi connectivity index (χ1) is 10.5. The average Bonchev–Trinajstić information content (AvgIpc) is 2.79. The summed E-state index contributed by atoms with van der Waals surface area (Å²) in [7, 11) is 1.84. The summed E-state index contributed by atoms with van der Waals surface area (Å²) >= 11 is 3.37. The molecule has 1 aromatic heterocycles. The molecule has 0 radical (unpaired) electrons. The van der Waals surface area contributed by atoms with Crippen molar-refractivity contribution in [3.63, 3.8) is 0 Å². The van der Waals surface area contributed by atoms with Gasteiger partial charge in [0.05, 0.1) is 11.9 Å². The van der Waals surface area contributed by atoms with Gasteiger partial charge >= 0.3 is 0 Å². The highest BCUT2D eigenvalue weighted by Crippen LogP contribution is 2.14. The normalized spacial score (nSPS) is 12.4. The van der Waals surface area contributed by atoms with Gasteiger partial charge < -0.3 is 5.32 Å². The fourth-order valence-corrected chi connectivity index (χ4v) is 2.13. The first-order valence-corrected chi connectivity index (χ1v) is 7.60. The van der Waals surface area contributed by atoms with E-state index in [1.807, 2.05) is 44.4 Å². The molecule has 0 aliphatic rings. The van der Waals surface area contributed by atoms with E-state index in [0.717, 1.165) is 21.4 Å². The molecule has 1 amide bonds. The summed E-state index contributed by atoms with van der Waals surface area (Å²) in [5.74, 6) is -0.208. The molecule has 0 aliphatic heterocycles. The van der Waals surface area contributed by atoms with E-state index in [1.54, 1.807) is 17.8 Å². The number of hydrazone groups is 1. The minimum Gasteiger partial charge on any atom is -0.374 e. The summed E-state index contributed by atoms with van der Waals surface area (Å²) in [5, 5.41) is 11.3. The molecule has 0 unspecified atom stereocenters. The number of aromatic nitrogens is 2. The van der Waals surface area contributed by atoms with Crippen LogP contribution in [0, 0.1) is 6.92 Å². The largest absolute Gasteiger partial charge is 0.374 e. The van der Waals surface area contributed by atoms with Crippen LogP contribution in [0.3, 0.4) is 0 Å². The van der Waals surface area contributed by atoms with Gasteiger partial charge in [-0.1, -0.05) is 15.9 Å². The summed E-state index contributed by atoms with van der Waals surface area (Å²) in [6, 6.07) is 7.23. The number of rotatable bonds is 5. The van der Waals surface area contributed by atoms with Crippen LogP contribution in [0.4, 0.5) is 5.69 Å². The Balaban J connectivity index is 1.88. The van der Waals surface area contributed by atoms with Gasteiger partial charge in [-0.25, -0.2) is 5.43 Å². The van der Waals surface area contributed by atoms with E-state index < -0.39 is 6.04 Å². The van der Waals surface area contributed by atoms with Gasteiger partial charge in [0, 0.05) is 29.0 Å². The van der Waals surface area contributed by atoms with Crippen LogP contribution >= 0.6 is 15.9 Å². The lowest BCUT2D eigenvalue weighted by molar-refractivity contribution is -0.121. The highest BCUT2D eigenvalue weighted by Gasteiger charge is 2.11. The maximum absolute atomic E-state index is 12.0. The smallest absolute Gasteiger partial charge is 0.262 e. The van der Waals surface area contributed by atoms with E-state index in [2.05, 4.69) is 36.9 Å². The summed E-state index contributed by atoms with van der Waals surface area (Å²) in [4.78, 5) is 12.0. The third kappa shape index (κ3) is 4.42. The number of hydrogen-bond donors (Lipinski definition) is 2. The van der Waals surface area contributed by atoms with Gasteiger partial charge in [-0.15, -0.1) is 0 Å². The molecule has 22 heavy (non-hydrogen) atoms. The predicted molar refractivity (Wildman–Crippen MR) is 90.9 cm³/mol. The monoisotopic (exact) mass is 363 g/mol. The zero-order chi connectivity index (χ0) is 16.1. The Bertz CT molecular complexity index is 678. The molecule has 1 aromatic carbocycles. The second-order valence-corrected chi connectivity index (χ2v) is 5.87. The second kappa shape index (κ2) is 7.22. The molecule has 0 aliphatic carbocycles. The third-order valence-electron chi connectivity index (χ3n) is 3.05. The maximum atomic E-state index is 12.0. The number of benzene rings is 1. The van der Waals surface area contributed by atoms with Crippen molar-refractivity contribution in [3.05, 3.63) is 46.2 Å². The van der Waals surface area contributed by atoms with Crippen LogP contribution in [0.5, 0.6) is 0 Å². The molecule has 0 bridgehead atoms. The fraction of sp³-hybridized carbons (Fsp3) is 0.267. The lowest BCUT2D eigenvalue weighted by Crippen LogP contribution is -2.34. The van der Waals surface area contributed by atoms with Crippen LogP contribution in [0.1, 0.15) is 18.2 Å². The first kappa shape index (κ1) is 16.2. The first-order valence-electron chi connectivity index (χ1n) is 6.81. The number of nitrogens with zero attached hydrogens (tertiary/aromatic N) is 3. The molecule has 6 nitrogen and oxygen atoms in total. The quantitative estimate of drug-likeness (QED) is 0.632. The lowest BCUT2D eigenvalue weighted by atomic mass is 10.2. The average molecular weight is 364 g/mol. The summed E-state index contributed by atoms with van der Waals surface area (Å²) < 4.78 is 2.70. The molecule has 1 atom stereocenters. The lowest BCUT2D eigenvalue weighted by Gasteiger charge is -2.13. The molecule has 7 heteroatoms. The maximum Gasteiger partial charge on any atom is 0.262 e. The molecule has 2 rings (SSSR count). The van der Waals surface area contributed by atoms with Crippen molar-refractivity contribution in [2.75, 3.05) is 5.32 Å². The Kier molecular flexibility index (Phi) is 5.32. The highest BCUT2D eigenvalue weighted by atomic mass is 79.9. The van der Waals surface area contributed by atoms with Crippen molar-refractivity contribution in [1.29, 1.82) is 0 Å². The van der Waals surface area contributed by atoms with E-state index in [4.69, 9.17) is 0 Å². The Morgan fingerprint density at radius 2 is 2.09 bits per heavy atom. The van der Waals surface area contributed by atoms with Gasteiger partial charge in [0.15, 0.2) is 0 Å². The topological polar surface area (TPSA) is 71.3 Å². The molecule has 0 saturated carbocycles. The van der Waals surface area contributed by atoms with Crippen molar-refractivity contribution >= 4 is 33.7 Å². The van der Waals surface area contributed by atoms with Crippen molar-refractivity contribution < 1.29 is 4.79 Å². The predicted octanol–water partition coefficient (Wildman–Crippen LogP) is 2.44. The number of anilines is 1. The van der Waals surface area contributed by atoms with Gasteiger partial charge in [0.1, 0.15) is 6.04 Å². The number of carbonyl (C=O) groups is 1. The Hall–Kier alpha value is -2.15. The Morgan fingerprint density at radius 1 is 1.41 bits per heavy atom. The Labute approximate surface area is 137 Å². The fourth-order valence-electron chi connectivity index (χ4n) is 1.87. The van der Waals surface area contributed by atoms with Gasteiger partial charge in [-0.05, 0) is 38.1 Å². The molecule has 116 valence electrons. The Morgan fingerprint density at radius 3 is 2.68 bits per heavy atom. The van der Waals surface area contributed by atoms with E-state index in [-0.39, 0.29) is 5.91 Å². The van der Waals surface area contributed by atoms with Gasteiger partial charge in [0.25, 0.3) is 5.91 Å². The SMILES string of the molecule is Cc1nn(C)cc1/C=N\NC(=O)[C@H](C)Nc1ccc(Br)cc1. The second-order valence-electron chi connectivity index (χ2n) is 4.95. The summed E-state index contributed by atoms with van der Waals surface area (Å²) in [5.41, 5.74) is 5.13. The number of hydrogen-bond acceptors (Lipinski definition) is 4. The molecule has 1 heterocycles. The van der Waals surface area contributed by atoms with Crippen LogP contribution in [0.25, 0.3) is 0 Å². The molecule has 0 saturated heterocycles. The van der Waals surface area contributed by atoms with E-state index >= 15 is 0 Å². The van der Waals surface area contributed by atoms with Gasteiger partial charge in [-0.2, -0.15) is 10.2 Å². The number of halogens is 1. The van der Waals surface area contributed by atoms with Crippen molar-refractivity contribution in [1.82, 2.24) is 15.2 Å². The van der Waals surface area contributed by atoms with E-state index in [9.17, 15) is 4.79 Å². The van der Waals surface area contributed by atoms with Crippen LogP contribution < -0.4 is 10.7 Å². The minimum absolute atomic E-state index is 0.208. The van der Waals surface area contributed by atoms with Crippen LogP contribution in [0.2, 0.25) is 0 Å². The number of carbonyl (C=O) groups excluding carboxylic acids is 1. The zero-order valence-corrected chi connectivity index (χ0v) is 14.3.